The van der Waals surface area contributed by atoms with Crippen molar-refractivity contribution < 1.29 is 14.2 Å². The smallest absolute Gasteiger partial charge is 0.0701 e. The highest BCUT2D eigenvalue weighted by Crippen LogP contribution is 2.25. The highest BCUT2D eigenvalue weighted by molar-refractivity contribution is 4.90. The Bertz CT molecular complexity index is 216. The maximum atomic E-state index is 5.57. The summed E-state index contributed by atoms with van der Waals surface area (Å²) in [5.41, 5.74) is 0. The number of likely N-dealkylation sites (tertiary alicyclic amines) is 1. The summed E-state index contributed by atoms with van der Waals surface area (Å²) >= 11 is 0. The maximum Gasteiger partial charge on any atom is 0.0701 e. The molecule has 0 amide bonds. The quantitative estimate of drug-likeness (QED) is 0.581. The van der Waals surface area contributed by atoms with Gasteiger partial charge in [-0.15, -0.1) is 0 Å². The summed E-state index contributed by atoms with van der Waals surface area (Å²) in [7, 11) is 1.68. The number of methoxy groups -OCH3 is 1. The second kappa shape index (κ2) is 8.07. The normalized spacial score (nSPS) is 27.8. The molecule has 106 valence electrons. The average Bonchev–Trinajstić information content (AvgIpc) is 2.93. The van der Waals surface area contributed by atoms with Gasteiger partial charge >= 0.3 is 0 Å². The van der Waals surface area contributed by atoms with Crippen LogP contribution in [0.25, 0.3) is 0 Å². The van der Waals surface area contributed by atoms with Gasteiger partial charge in [0.25, 0.3) is 0 Å². The molecular formula is C13H26N2O3. The molecule has 0 aromatic carbocycles. The fourth-order valence-electron chi connectivity index (χ4n) is 2.79. The van der Waals surface area contributed by atoms with Crippen molar-refractivity contribution in [1.82, 2.24) is 10.2 Å². The summed E-state index contributed by atoms with van der Waals surface area (Å²) < 4.78 is 15.8. The number of nitrogens with one attached hydrogen (secondary N) is 1. The number of fused-ring (bicyclic) bond motifs is 1. The van der Waals surface area contributed by atoms with E-state index in [1.807, 2.05) is 0 Å². The van der Waals surface area contributed by atoms with E-state index in [0.29, 0.717) is 26.4 Å². The molecule has 0 bridgehead atoms. The van der Waals surface area contributed by atoms with Gasteiger partial charge in [0.05, 0.1) is 33.0 Å². The van der Waals surface area contributed by atoms with Crippen LogP contribution in [0, 0.1) is 11.8 Å². The number of nitrogens with zero attached hydrogens (tertiary/aromatic N) is 1. The van der Waals surface area contributed by atoms with Crippen LogP contribution in [-0.4, -0.2) is 77.8 Å². The van der Waals surface area contributed by atoms with Crippen molar-refractivity contribution >= 4 is 0 Å². The topological polar surface area (TPSA) is 43.0 Å². The molecule has 5 heteroatoms. The van der Waals surface area contributed by atoms with Gasteiger partial charge in [0.2, 0.25) is 0 Å². The first kappa shape index (κ1) is 14.2. The molecule has 0 aliphatic carbocycles. The third-order valence-corrected chi connectivity index (χ3v) is 3.82. The van der Waals surface area contributed by atoms with Gasteiger partial charge < -0.3 is 24.4 Å². The molecule has 1 N–H and O–H groups in total. The molecule has 5 nitrogen and oxygen atoms in total. The van der Waals surface area contributed by atoms with Crippen LogP contribution in [0.5, 0.6) is 0 Å². The lowest BCUT2D eigenvalue weighted by Crippen LogP contribution is -2.29. The second-order valence-corrected chi connectivity index (χ2v) is 5.16. The molecule has 2 aliphatic heterocycles. The van der Waals surface area contributed by atoms with E-state index in [2.05, 4.69) is 10.2 Å². The number of hydrogen-bond acceptors (Lipinski definition) is 5. The van der Waals surface area contributed by atoms with Gasteiger partial charge in [0.15, 0.2) is 0 Å². The molecule has 0 aromatic heterocycles. The molecule has 2 saturated heterocycles. The summed E-state index contributed by atoms with van der Waals surface area (Å²) in [6, 6.07) is 0. The van der Waals surface area contributed by atoms with Gasteiger partial charge in [-0.25, -0.2) is 0 Å². The first-order valence-corrected chi connectivity index (χ1v) is 6.97. The first-order valence-electron chi connectivity index (χ1n) is 6.97. The lowest BCUT2D eigenvalue weighted by molar-refractivity contribution is 0.0204. The fraction of sp³-hybridized carbons (Fsp3) is 1.00. The summed E-state index contributed by atoms with van der Waals surface area (Å²) in [4.78, 5) is 2.53. The summed E-state index contributed by atoms with van der Waals surface area (Å²) in [5, 5.41) is 3.46. The van der Waals surface area contributed by atoms with Crippen LogP contribution in [0.3, 0.4) is 0 Å². The molecular weight excluding hydrogens is 232 g/mol. The van der Waals surface area contributed by atoms with Gasteiger partial charge in [-0.2, -0.15) is 0 Å². The van der Waals surface area contributed by atoms with Gasteiger partial charge in [-0.1, -0.05) is 0 Å². The zero-order valence-electron chi connectivity index (χ0n) is 11.4. The van der Waals surface area contributed by atoms with E-state index in [1.54, 1.807) is 7.11 Å². The van der Waals surface area contributed by atoms with Crippen LogP contribution in [0.15, 0.2) is 0 Å². The highest BCUT2D eigenvalue weighted by Gasteiger charge is 2.35. The van der Waals surface area contributed by atoms with E-state index < -0.39 is 0 Å². The van der Waals surface area contributed by atoms with Crippen LogP contribution in [0.1, 0.15) is 0 Å². The molecule has 0 radical (unpaired) electrons. The zero-order valence-corrected chi connectivity index (χ0v) is 11.4. The number of hydrogen-bond donors (Lipinski definition) is 1. The minimum atomic E-state index is 0.655. The Morgan fingerprint density at radius 2 is 1.56 bits per heavy atom. The molecule has 2 atom stereocenters. The van der Waals surface area contributed by atoms with Crippen molar-refractivity contribution in [2.24, 2.45) is 11.8 Å². The van der Waals surface area contributed by atoms with Gasteiger partial charge in [0.1, 0.15) is 0 Å². The predicted octanol–water partition coefficient (Wildman–Crippen LogP) is -0.183. The Hall–Kier alpha value is -0.200. The Morgan fingerprint density at radius 3 is 2.22 bits per heavy atom. The third kappa shape index (κ3) is 4.48. The Kier molecular flexibility index (Phi) is 6.37. The van der Waals surface area contributed by atoms with E-state index in [9.17, 15) is 0 Å². The molecule has 0 saturated carbocycles. The lowest BCUT2D eigenvalue weighted by Gasteiger charge is -2.16. The van der Waals surface area contributed by atoms with Gasteiger partial charge in [-0.3, -0.25) is 0 Å². The molecule has 2 aliphatic rings. The molecule has 0 unspecified atom stereocenters. The SMILES string of the molecule is COCCOCCOCCN1C[C@H]2CNC[C@H]2C1. The molecule has 2 rings (SSSR count). The van der Waals surface area contributed by atoms with E-state index in [1.165, 1.54) is 26.2 Å². The molecule has 0 aromatic rings. The van der Waals surface area contributed by atoms with Crippen molar-refractivity contribution in [2.45, 2.75) is 0 Å². The second-order valence-electron chi connectivity index (χ2n) is 5.16. The standard InChI is InChI=1S/C13H26N2O3/c1-16-4-5-18-7-6-17-3-2-15-10-12-8-14-9-13(12)11-15/h12-14H,2-11H2,1H3/t12-,13+. The minimum absolute atomic E-state index is 0.655. The molecule has 18 heavy (non-hydrogen) atoms. The molecule has 0 spiro atoms. The zero-order chi connectivity index (χ0) is 12.6. The fourth-order valence-corrected chi connectivity index (χ4v) is 2.79. The Balaban J connectivity index is 1.40. The summed E-state index contributed by atoms with van der Waals surface area (Å²) in [5.74, 6) is 1.75. The Labute approximate surface area is 110 Å². The van der Waals surface area contributed by atoms with Crippen LogP contribution in [0.4, 0.5) is 0 Å². The van der Waals surface area contributed by atoms with E-state index in [-0.39, 0.29) is 0 Å². The van der Waals surface area contributed by atoms with Crippen LogP contribution in [-0.2, 0) is 14.2 Å². The average molecular weight is 258 g/mol. The Morgan fingerprint density at radius 1 is 0.944 bits per heavy atom. The minimum Gasteiger partial charge on any atom is -0.382 e. The predicted molar refractivity (Wildman–Crippen MR) is 69.8 cm³/mol. The van der Waals surface area contributed by atoms with Crippen molar-refractivity contribution in [3.63, 3.8) is 0 Å². The maximum absolute atomic E-state index is 5.57. The lowest BCUT2D eigenvalue weighted by atomic mass is 10.0. The highest BCUT2D eigenvalue weighted by atomic mass is 16.5. The van der Waals surface area contributed by atoms with Crippen LogP contribution >= 0.6 is 0 Å². The van der Waals surface area contributed by atoms with Crippen LogP contribution < -0.4 is 5.32 Å². The monoisotopic (exact) mass is 258 g/mol. The van der Waals surface area contributed by atoms with Crippen LogP contribution in [0.2, 0.25) is 0 Å². The van der Waals surface area contributed by atoms with E-state index in [0.717, 1.165) is 25.0 Å². The molecule has 2 heterocycles. The van der Waals surface area contributed by atoms with Crippen molar-refractivity contribution in [3.8, 4) is 0 Å². The first-order chi connectivity index (χ1) is 8.90. The van der Waals surface area contributed by atoms with Gasteiger partial charge in [0, 0.05) is 26.7 Å². The van der Waals surface area contributed by atoms with E-state index in [4.69, 9.17) is 14.2 Å². The largest absolute Gasteiger partial charge is 0.382 e. The molecule has 2 fully saturated rings. The van der Waals surface area contributed by atoms with Crippen molar-refractivity contribution in [2.75, 3.05) is 72.9 Å². The van der Waals surface area contributed by atoms with Crippen molar-refractivity contribution in [1.29, 1.82) is 0 Å². The van der Waals surface area contributed by atoms with E-state index >= 15 is 0 Å². The third-order valence-electron chi connectivity index (χ3n) is 3.82. The number of rotatable bonds is 9. The van der Waals surface area contributed by atoms with Crippen molar-refractivity contribution in [3.05, 3.63) is 0 Å². The van der Waals surface area contributed by atoms with Gasteiger partial charge in [-0.05, 0) is 24.9 Å². The number of ether oxygens (including phenoxy) is 3. The summed E-state index contributed by atoms with van der Waals surface area (Å²) in [6.07, 6.45) is 0. The summed E-state index contributed by atoms with van der Waals surface area (Å²) in [6.45, 7) is 9.43.